The number of hydrogen-bond donors (Lipinski definition) is 1. The second kappa shape index (κ2) is 13.6. The van der Waals surface area contributed by atoms with E-state index in [9.17, 15) is 9.59 Å². The maximum Gasteiger partial charge on any atom is 0.261 e. The van der Waals surface area contributed by atoms with E-state index in [0.717, 1.165) is 45.9 Å². The third-order valence-electron chi connectivity index (χ3n) is 6.87. The fourth-order valence-corrected chi connectivity index (χ4v) is 5.11. The normalized spacial score (nSPS) is 14.5. The Labute approximate surface area is 233 Å². The van der Waals surface area contributed by atoms with Crippen LogP contribution in [-0.4, -0.2) is 35.4 Å². The minimum absolute atomic E-state index is 0.0921. The first-order valence-corrected chi connectivity index (χ1v) is 14.1. The molecule has 1 N–H and O–H groups in total. The molecule has 0 heterocycles. The molecule has 0 aliphatic heterocycles. The Morgan fingerprint density at radius 2 is 1.59 bits per heavy atom. The molecule has 194 valence electrons. The summed E-state index contributed by atoms with van der Waals surface area (Å²) in [4.78, 5) is 29.2. The van der Waals surface area contributed by atoms with Crippen molar-refractivity contribution < 1.29 is 14.3 Å². The number of halogens is 1. The van der Waals surface area contributed by atoms with Crippen molar-refractivity contribution in [1.82, 2.24) is 10.2 Å². The van der Waals surface area contributed by atoms with Crippen molar-refractivity contribution in [2.75, 3.05) is 6.61 Å². The number of benzene rings is 3. The Morgan fingerprint density at radius 1 is 0.919 bits per heavy atom. The van der Waals surface area contributed by atoms with E-state index >= 15 is 0 Å². The van der Waals surface area contributed by atoms with Crippen LogP contribution in [0, 0.1) is 10.5 Å². The molecule has 3 aromatic carbocycles. The number of hydrogen-bond acceptors (Lipinski definition) is 3. The van der Waals surface area contributed by atoms with Gasteiger partial charge in [-0.15, -0.1) is 0 Å². The molecule has 1 saturated carbocycles. The third-order valence-corrected chi connectivity index (χ3v) is 7.59. The van der Waals surface area contributed by atoms with E-state index in [0.29, 0.717) is 18.7 Å². The summed E-state index contributed by atoms with van der Waals surface area (Å²) >= 11 is 2.24. The topological polar surface area (TPSA) is 58.6 Å². The Hall–Kier alpha value is -2.87. The van der Waals surface area contributed by atoms with Gasteiger partial charge in [0.15, 0.2) is 6.61 Å². The molecule has 0 spiro atoms. The number of nitrogens with one attached hydrogen (secondary N) is 1. The summed E-state index contributed by atoms with van der Waals surface area (Å²) in [6.45, 7) is 2.25. The summed E-state index contributed by atoms with van der Waals surface area (Å²) in [5.74, 6) is 0.333. The molecule has 1 atom stereocenters. The zero-order chi connectivity index (χ0) is 26.0. The monoisotopic (exact) mass is 610 g/mol. The number of nitrogens with zero attached hydrogens (tertiary/aromatic N) is 1. The first-order chi connectivity index (χ1) is 18.0. The molecule has 3 aromatic rings. The van der Waals surface area contributed by atoms with Gasteiger partial charge in [0.2, 0.25) is 5.91 Å². The highest BCUT2D eigenvalue weighted by Gasteiger charge is 2.32. The molecule has 1 fully saturated rings. The van der Waals surface area contributed by atoms with Gasteiger partial charge in [-0.3, -0.25) is 9.59 Å². The van der Waals surface area contributed by atoms with E-state index in [1.54, 1.807) is 4.90 Å². The first-order valence-electron chi connectivity index (χ1n) is 13.1. The minimum atomic E-state index is -0.640. The molecular formula is C31H35IN2O3. The van der Waals surface area contributed by atoms with Gasteiger partial charge in [-0.1, -0.05) is 79.4 Å². The molecule has 1 aliphatic carbocycles. The van der Waals surface area contributed by atoms with Crippen molar-refractivity contribution in [3.8, 4) is 5.75 Å². The summed E-state index contributed by atoms with van der Waals surface area (Å²) in [5, 5.41) is 3.27. The predicted molar refractivity (Wildman–Crippen MR) is 155 cm³/mol. The standard InChI is InChI=1S/C31H35IN2O3/c1-23-12-14-25(15-13-23)21-34(30(35)22-37-28-18-16-26(32)17-19-28)29(20-24-8-4-2-5-9-24)31(36)33-27-10-6-3-7-11-27/h2,4-5,8-9,12-19,27,29H,3,6-7,10-11,20-22H2,1H3,(H,33,36)/t29-/m1/s1. The van der Waals surface area contributed by atoms with Gasteiger partial charge in [0, 0.05) is 22.6 Å². The molecule has 37 heavy (non-hydrogen) atoms. The summed E-state index contributed by atoms with van der Waals surface area (Å²) in [7, 11) is 0. The maximum absolute atomic E-state index is 13.8. The lowest BCUT2D eigenvalue weighted by Gasteiger charge is -2.33. The van der Waals surface area contributed by atoms with Crippen molar-refractivity contribution in [2.24, 2.45) is 0 Å². The van der Waals surface area contributed by atoms with Gasteiger partial charge >= 0.3 is 0 Å². The number of rotatable bonds is 10. The third kappa shape index (κ3) is 8.32. The average Bonchev–Trinajstić information content (AvgIpc) is 2.92. The van der Waals surface area contributed by atoms with Crippen molar-refractivity contribution >= 4 is 34.4 Å². The lowest BCUT2D eigenvalue weighted by molar-refractivity contribution is -0.143. The Balaban J connectivity index is 1.59. The Kier molecular flexibility index (Phi) is 9.99. The molecule has 0 saturated heterocycles. The fourth-order valence-electron chi connectivity index (χ4n) is 4.75. The zero-order valence-electron chi connectivity index (χ0n) is 21.4. The lowest BCUT2D eigenvalue weighted by atomic mass is 9.94. The smallest absolute Gasteiger partial charge is 0.261 e. The van der Waals surface area contributed by atoms with E-state index in [1.807, 2.05) is 85.8 Å². The largest absolute Gasteiger partial charge is 0.484 e. The number of carbonyl (C=O) groups is 2. The van der Waals surface area contributed by atoms with Crippen LogP contribution in [0.5, 0.6) is 5.75 Å². The van der Waals surface area contributed by atoms with Crippen LogP contribution < -0.4 is 10.1 Å². The highest BCUT2D eigenvalue weighted by molar-refractivity contribution is 14.1. The maximum atomic E-state index is 13.8. The van der Waals surface area contributed by atoms with Crippen molar-refractivity contribution in [3.05, 3.63) is 99.1 Å². The van der Waals surface area contributed by atoms with Crippen LogP contribution in [0.3, 0.4) is 0 Å². The molecule has 0 aromatic heterocycles. The molecule has 6 heteroatoms. The molecule has 0 bridgehead atoms. The SMILES string of the molecule is Cc1ccc(CN(C(=O)COc2ccc(I)cc2)[C@H](Cc2ccccc2)C(=O)NC2CCCCC2)cc1. The predicted octanol–water partition coefficient (Wildman–Crippen LogP) is 6.07. The van der Waals surface area contributed by atoms with Gasteiger partial charge in [0.25, 0.3) is 5.91 Å². The molecule has 4 rings (SSSR count). The van der Waals surface area contributed by atoms with Crippen molar-refractivity contribution in [2.45, 2.75) is 64.1 Å². The van der Waals surface area contributed by atoms with Crippen LogP contribution in [0.15, 0.2) is 78.9 Å². The van der Waals surface area contributed by atoms with Crippen molar-refractivity contribution in [1.29, 1.82) is 0 Å². The van der Waals surface area contributed by atoms with Gasteiger partial charge in [-0.05, 0) is 77.7 Å². The lowest BCUT2D eigenvalue weighted by Crippen LogP contribution is -2.53. The van der Waals surface area contributed by atoms with Gasteiger partial charge in [0.05, 0.1) is 0 Å². The number of amides is 2. The molecule has 2 amide bonds. The van der Waals surface area contributed by atoms with E-state index in [4.69, 9.17) is 4.74 Å². The van der Waals surface area contributed by atoms with Crippen LogP contribution in [0.4, 0.5) is 0 Å². The van der Waals surface area contributed by atoms with E-state index in [-0.39, 0.29) is 24.5 Å². The van der Waals surface area contributed by atoms with E-state index in [2.05, 4.69) is 27.9 Å². The number of carbonyl (C=O) groups excluding carboxylic acids is 2. The Bertz CT molecular complexity index is 1140. The second-order valence-corrected chi connectivity index (χ2v) is 11.0. The van der Waals surface area contributed by atoms with Crippen LogP contribution in [0.25, 0.3) is 0 Å². The molecule has 0 unspecified atom stereocenters. The molecule has 5 nitrogen and oxygen atoms in total. The summed E-state index contributed by atoms with van der Waals surface area (Å²) in [5.41, 5.74) is 3.16. The minimum Gasteiger partial charge on any atom is -0.484 e. The van der Waals surface area contributed by atoms with Gasteiger partial charge in [-0.25, -0.2) is 0 Å². The zero-order valence-corrected chi connectivity index (χ0v) is 23.5. The quantitative estimate of drug-likeness (QED) is 0.284. The summed E-state index contributed by atoms with van der Waals surface area (Å²) < 4.78 is 6.96. The number of aryl methyl sites for hydroxylation is 1. The van der Waals surface area contributed by atoms with Gasteiger partial charge < -0.3 is 15.0 Å². The average molecular weight is 611 g/mol. The van der Waals surface area contributed by atoms with Crippen LogP contribution in [-0.2, 0) is 22.6 Å². The Morgan fingerprint density at radius 3 is 2.27 bits per heavy atom. The second-order valence-electron chi connectivity index (χ2n) is 9.80. The van der Waals surface area contributed by atoms with Crippen LogP contribution in [0.2, 0.25) is 0 Å². The van der Waals surface area contributed by atoms with E-state index < -0.39 is 6.04 Å². The van der Waals surface area contributed by atoms with Crippen LogP contribution in [0.1, 0.15) is 48.8 Å². The molecular weight excluding hydrogens is 575 g/mol. The number of ether oxygens (including phenoxy) is 1. The molecule has 1 aliphatic rings. The first kappa shape index (κ1) is 27.2. The van der Waals surface area contributed by atoms with Gasteiger partial charge in [0.1, 0.15) is 11.8 Å². The highest BCUT2D eigenvalue weighted by atomic mass is 127. The van der Waals surface area contributed by atoms with Gasteiger partial charge in [-0.2, -0.15) is 0 Å². The highest BCUT2D eigenvalue weighted by Crippen LogP contribution is 2.20. The fraction of sp³-hybridized carbons (Fsp3) is 0.355. The van der Waals surface area contributed by atoms with Crippen LogP contribution >= 0.6 is 22.6 Å². The summed E-state index contributed by atoms with van der Waals surface area (Å²) in [6.07, 6.45) is 5.90. The molecule has 0 radical (unpaired) electrons. The van der Waals surface area contributed by atoms with E-state index in [1.165, 1.54) is 6.42 Å². The van der Waals surface area contributed by atoms with Crippen molar-refractivity contribution in [3.63, 3.8) is 0 Å². The summed E-state index contributed by atoms with van der Waals surface area (Å²) in [6, 6.07) is 25.2.